The maximum atomic E-state index is 11.9. The summed E-state index contributed by atoms with van der Waals surface area (Å²) in [5.74, 6) is 0. The van der Waals surface area contributed by atoms with E-state index in [9.17, 15) is 4.79 Å². The molecule has 1 N–H and O–H groups in total. The van der Waals surface area contributed by atoms with Gasteiger partial charge in [-0.3, -0.25) is 0 Å². The molecule has 0 aromatic carbocycles. The second-order valence-corrected chi connectivity index (χ2v) is 5.60. The summed E-state index contributed by atoms with van der Waals surface area (Å²) >= 11 is 0. The third-order valence-corrected chi connectivity index (χ3v) is 2.78. The van der Waals surface area contributed by atoms with Crippen LogP contribution in [0.4, 0.5) is 4.79 Å². The maximum absolute atomic E-state index is 11.9. The molecule has 100 valence electrons. The SMILES string of the molecule is CC(C)(C)OC(=O)N1CCNC2(COC2)C1.Cl. The average molecular weight is 265 g/mol. The number of carbonyl (C=O) groups excluding carboxylic acids is 1. The lowest BCUT2D eigenvalue weighted by Gasteiger charge is -2.48. The van der Waals surface area contributed by atoms with Gasteiger partial charge in [0.15, 0.2) is 0 Å². The molecule has 2 aliphatic heterocycles. The normalized spacial score (nSPS) is 22.6. The highest BCUT2D eigenvalue weighted by Gasteiger charge is 2.43. The predicted octanol–water partition coefficient (Wildman–Crippen LogP) is 1.02. The first-order valence-corrected chi connectivity index (χ1v) is 5.71. The summed E-state index contributed by atoms with van der Waals surface area (Å²) in [7, 11) is 0. The molecule has 0 radical (unpaired) electrons. The van der Waals surface area contributed by atoms with Crippen molar-refractivity contribution >= 4 is 18.5 Å². The van der Waals surface area contributed by atoms with Gasteiger partial charge in [0, 0.05) is 19.6 Å². The fraction of sp³-hybridized carbons (Fsp3) is 0.909. The number of hydrogen-bond acceptors (Lipinski definition) is 4. The van der Waals surface area contributed by atoms with Crippen LogP contribution in [0.25, 0.3) is 0 Å². The molecule has 2 aliphatic rings. The van der Waals surface area contributed by atoms with E-state index in [1.54, 1.807) is 4.90 Å². The van der Waals surface area contributed by atoms with E-state index in [-0.39, 0.29) is 24.0 Å². The van der Waals surface area contributed by atoms with Gasteiger partial charge in [-0.2, -0.15) is 0 Å². The zero-order valence-corrected chi connectivity index (χ0v) is 11.4. The molecular weight excluding hydrogens is 244 g/mol. The number of nitrogens with one attached hydrogen (secondary N) is 1. The number of nitrogens with zero attached hydrogens (tertiary/aromatic N) is 1. The van der Waals surface area contributed by atoms with Crippen molar-refractivity contribution in [2.45, 2.75) is 31.9 Å². The van der Waals surface area contributed by atoms with Gasteiger partial charge >= 0.3 is 6.09 Å². The second kappa shape index (κ2) is 5.00. The van der Waals surface area contributed by atoms with Gasteiger partial charge in [-0.1, -0.05) is 0 Å². The third-order valence-electron chi connectivity index (χ3n) is 2.78. The zero-order chi connectivity index (χ0) is 11.8. The Kier molecular flexibility index (Phi) is 4.28. The number of piperazine rings is 1. The first-order chi connectivity index (χ1) is 7.40. The molecule has 17 heavy (non-hydrogen) atoms. The van der Waals surface area contributed by atoms with Crippen LogP contribution in [0, 0.1) is 0 Å². The number of rotatable bonds is 0. The van der Waals surface area contributed by atoms with Crippen LogP contribution in [0.1, 0.15) is 20.8 Å². The number of hydrogen-bond donors (Lipinski definition) is 1. The van der Waals surface area contributed by atoms with E-state index < -0.39 is 5.60 Å². The largest absolute Gasteiger partial charge is 0.444 e. The molecule has 2 saturated heterocycles. The van der Waals surface area contributed by atoms with Gasteiger partial charge in [0.1, 0.15) is 5.60 Å². The van der Waals surface area contributed by atoms with Crippen LogP contribution in [0.15, 0.2) is 0 Å². The summed E-state index contributed by atoms with van der Waals surface area (Å²) in [5, 5.41) is 3.41. The smallest absolute Gasteiger partial charge is 0.410 e. The number of amides is 1. The molecule has 1 spiro atoms. The van der Waals surface area contributed by atoms with Gasteiger partial charge in [0.25, 0.3) is 0 Å². The van der Waals surface area contributed by atoms with Crippen molar-refractivity contribution in [1.29, 1.82) is 0 Å². The van der Waals surface area contributed by atoms with Crippen molar-refractivity contribution in [3.05, 3.63) is 0 Å². The molecule has 5 nitrogen and oxygen atoms in total. The molecule has 0 atom stereocenters. The predicted molar refractivity (Wildman–Crippen MR) is 66.6 cm³/mol. The first kappa shape index (κ1) is 14.5. The minimum absolute atomic E-state index is 0. The molecule has 2 fully saturated rings. The van der Waals surface area contributed by atoms with Crippen molar-refractivity contribution in [2.24, 2.45) is 0 Å². The quantitative estimate of drug-likeness (QED) is 0.710. The molecule has 0 bridgehead atoms. The Bertz CT molecular complexity index is 287. The van der Waals surface area contributed by atoms with E-state index in [1.807, 2.05) is 20.8 Å². The van der Waals surface area contributed by atoms with E-state index in [2.05, 4.69) is 5.32 Å². The summed E-state index contributed by atoms with van der Waals surface area (Å²) in [4.78, 5) is 13.6. The average Bonchev–Trinajstić information content (AvgIpc) is 2.13. The Hall–Kier alpha value is -0.520. The van der Waals surface area contributed by atoms with Crippen molar-refractivity contribution in [2.75, 3.05) is 32.8 Å². The van der Waals surface area contributed by atoms with Gasteiger partial charge in [0.05, 0.1) is 18.8 Å². The minimum atomic E-state index is -0.425. The Morgan fingerprint density at radius 1 is 1.41 bits per heavy atom. The molecule has 0 aliphatic carbocycles. The van der Waals surface area contributed by atoms with E-state index in [4.69, 9.17) is 9.47 Å². The topological polar surface area (TPSA) is 50.8 Å². The molecule has 0 unspecified atom stereocenters. The summed E-state index contributed by atoms with van der Waals surface area (Å²) in [6, 6.07) is 0. The first-order valence-electron chi connectivity index (χ1n) is 5.71. The van der Waals surface area contributed by atoms with Gasteiger partial charge in [0.2, 0.25) is 0 Å². The van der Waals surface area contributed by atoms with Crippen LogP contribution >= 0.6 is 12.4 Å². The van der Waals surface area contributed by atoms with Crippen LogP contribution in [-0.4, -0.2) is 55.0 Å². The summed E-state index contributed by atoms with van der Waals surface area (Å²) < 4.78 is 10.6. The summed E-state index contributed by atoms with van der Waals surface area (Å²) in [5.41, 5.74) is -0.444. The van der Waals surface area contributed by atoms with Crippen LogP contribution in [-0.2, 0) is 9.47 Å². The van der Waals surface area contributed by atoms with Gasteiger partial charge in [-0.05, 0) is 20.8 Å². The molecule has 1 amide bonds. The molecular formula is C11H21ClN2O3. The van der Waals surface area contributed by atoms with Crippen molar-refractivity contribution in [1.82, 2.24) is 10.2 Å². The van der Waals surface area contributed by atoms with Crippen molar-refractivity contribution < 1.29 is 14.3 Å². The maximum Gasteiger partial charge on any atom is 0.410 e. The van der Waals surface area contributed by atoms with Crippen LogP contribution < -0.4 is 5.32 Å². The number of carbonyl (C=O) groups is 1. The second-order valence-electron chi connectivity index (χ2n) is 5.60. The highest BCUT2D eigenvalue weighted by molar-refractivity contribution is 5.85. The van der Waals surface area contributed by atoms with Crippen LogP contribution in [0.3, 0.4) is 0 Å². The summed E-state index contributed by atoms with van der Waals surface area (Å²) in [6.07, 6.45) is -0.222. The van der Waals surface area contributed by atoms with E-state index >= 15 is 0 Å². The number of halogens is 1. The third kappa shape index (κ3) is 3.47. The van der Waals surface area contributed by atoms with Gasteiger partial charge in [-0.25, -0.2) is 4.79 Å². The standard InChI is InChI=1S/C11H20N2O3.ClH/c1-10(2,3)16-9(14)13-5-4-12-11(6-13)7-15-8-11;/h12H,4-8H2,1-3H3;1H. The lowest BCUT2D eigenvalue weighted by atomic mass is 9.95. The molecule has 0 aromatic heterocycles. The molecule has 2 heterocycles. The molecule has 6 heteroatoms. The fourth-order valence-corrected chi connectivity index (χ4v) is 1.98. The zero-order valence-electron chi connectivity index (χ0n) is 10.6. The van der Waals surface area contributed by atoms with Crippen LogP contribution in [0.2, 0.25) is 0 Å². The highest BCUT2D eigenvalue weighted by Crippen LogP contribution is 2.22. The van der Waals surface area contributed by atoms with Crippen molar-refractivity contribution in [3.63, 3.8) is 0 Å². The Balaban J connectivity index is 0.00000144. The molecule has 2 rings (SSSR count). The van der Waals surface area contributed by atoms with E-state index in [1.165, 1.54) is 0 Å². The van der Waals surface area contributed by atoms with Crippen molar-refractivity contribution in [3.8, 4) is 0 Å². The summed E-state index contributed by atoms with van der Waals surface area (Å²) in [6.45, 7) is 9.22. The van der Waals surface area contributed by atoms with Gasteiger partial charge in [-0.15, -0.1) is 12.4 Å². The Morgan fingerprint density at radius 2 is 2.06 bits per heavy atom. The highest BCUT2D eigenvalue weighted by atomic mass is 35.5. The molecule has 0 aromatic rings. The Labute approximate surface area is 108 Å². The van der Waals surface area contributed by atoms with Gasteiger partial charge < -0.3 is 19.7 Å². The Morgan fingerprint density at radius 3 is 2.53 bits per heavy atom. The lowest BCUT2D eigenvalue weighted by Crippen LogP contribution is -2.71. The lowest BCUT2D eigenvalue weighted by molar-refractivity contribution is -0.100. The monoisotopic (exact) mass is 264 g/mol. The molecule has 0 saturated carbocycles. The van der Waals surface area contributed by atoms with Crippen LogP contribution in [0.5, 0.6) is 0 Å². The fourth-order valence-electron chi connectivity index (χ4n) is 1.98. The minimum Gasteiger partial charge on any atom is -0.444 e. The number of ether oxygens (including phenoxy) is 2. The van der Waals surface area contributed by atoms with E-state index in [0.29, 0.717) is 26.3 Å². The van der Waals surface area contributed by atoms with E-state index in [0.717, 1.165) is 6.54 Å².